The number of benzene rings is 2. The van der Waals surface area contributed by atoms with Gasteiger partial charge < -0.3 is 9.73 Å². The summed E-state index contributed by atoms with van der Waals surface area (Å²) in [5.41, 5.74) is 2.14. The summed E-state index contributed by atoms with van der Waals surface area (Å²) in [6.07, 6.45) is 3.89. The van der Waals surface area contributed by atoms with Gasteiger partial charge in [0.15, 0.2) is 5.76 Å². The normalized spacial score (nSPS) is 16.7. The lowest BCUT2D eigenvalue weighted by Crippen LogP contribution is -2.31. The summed E-state index contributed by atoms with van der Waals surface area (Å²) in [5, 5.41) is 3.61. The lowest BCUT2D eigenvalue weighted by molar-refractivity contribution is 0.0913. The third-order valence-electron chi connectivity index (χ3n) is 5.96. The molecular formula is C24H28N2O4S. The van der Waals surface area contributed by atoms with Crippen molar-refractivity contribution in [1.82, 2.24) is 9.62 Å². The number of amides is 1. The maximum Gasteiger partial charge on any atom is 0.287 e. The molecule has 1 unspecified atom stereocenters. The number of carbonyl (C=O) groups excluding carboxylic acids is 1. The summed E-state index contributed by atoms with van der Waals surface area (Å²) in [6.45, 7) is 4.80. The van der Waals surface area contributed by atoms with E-state index in [-0.39, 0.29) is 22.6 Å². The van der Waals surface area contributed by atoms with Gasteiger partial charge in [0.1, 0.15) is 5.58 Å². The Balaban J connectivity index is 1.61. The van der Waals surface area contributed by atoms with E-state index >= 15 is 0 Å². The average Bonchev–Trinajstić information content (AvgIpc) is 2.94. The van der Waals surface area contributed by atoms with E-state index in [0.717, 1.165) is 31.2 Å². The van der Waals surface area contributed by atoms with Crippen LogP contribution in [0.4, 0.5) is 0 Å². The van der Waals surface area contributed by atoms with Crippen LogP contribution in [-0.2, 0) is 10.0 Å². The van der Waals surface area contributed by atoms with Crippen LogP contribution in [-0.4, -0.2) is 31.7 Å². The maximum atomic E-state index is 13.2. The highest BCUT2D eigenvalue weighted by Gasteiger charge is 2.27. The minimum atomic E-state index is -3.57. The Bertz CT molecular complexity index is 1180. The lowest BCUT2D eigenvalue weighted by Gasteiger charge is -2.19. The van der Waals surface area contributed by atoms with E-state index in [2.05, 4.69) is 5.32 Å². The predicted molar refractivity (Wildman–Crippen MR) is 121 cm³/mol. The van der Waals surface area contributed by atoms with Gasteiger partial charge >= 0.3 is 0 Å². The van der Waals surface area contributed by atoms with Crippen LogP contribution in [0.1, 0.15) is 60.3 Å². The van der Waals surface area contributed by atoms with Crippen molar-refractivity contribution >= 4 is 26.9 Å². The first-order valence-electron chi connectivity index (χ1n) is 10.8. The predicted octanol–water partition coefficient (Wildman–Crippen LogP) is 4.80. The highest BCUT2D eigenvalue weighted by atomic mass is 32.2. The van der Waals surface area contributed by atoms with Crippen LogP contribution in [0.15, 0.2) is 57.8 Å². The van der Waals surface area contributed by atoms with Crippen molar-refractivity contribution in [3.05, 3.63) is 65.4 Å². The van der Waals surface area contributed by atoms with Gasteiger partial charge in [-0.3, -0.25) is 4.79 Å². The number of carbonyl (C=O) groups is 1. The van der Waals surface area contributed by atoms with Crippen molar-refractivity contribution in [2.45, 2.75) is 50.5 Å². The number of aryl methyl sites for hydroxylation is 1. The van der Waals surface area contributed by atoms with Crippen molar-refractivity contribution in [2.75, 3.05) is 13.1 Å². The van der Waals surface area contributed by atoms with Crippen molar-refractivity contribution in [3.63, 3.8) is 0 Å². The quantitative estimate of drug-likeness (QED) is 0.618. The third kappa shape index (κ3) is 4.38. The first kappa shape index (κ1) is 21.6. The molecule has 0 radical (unpaired) electrons. The van der Waals surface area contributed by atoms with E-state index in [1.54, 1.807) is 29.4 Å². The van der Waals surface area contributed by atoms with Crippen LogP contribution < -0.4 is 5.32 Å². The third-order valence-corrected chi connectivity index (χ3v) is 7.86. The summed E-state index contributed by atoms with van der Waals surface area (Å²) < 4.78 is 33.7. The monoisotopic (exact) mass is 440 g/mol. The molecule has 1 fully saturated rings. The molecule has 0 spiro atoms. The van der Waals surface area contributed by atoms with Gasteiger partial charge in [0, 0.05) is 24.0 Å². The second kappa shape index (κ2) is 8.85. The molecule has 0 aliphatic carbocycles. The van der Waals surface area contributed by atoms with Gasteiger partial charge in [-0.2, -0.15) is 4.31 Å². The van der Waals surface area contributed by atoms with Crippen molar-refractivity contribution in [3.8, 4) is 0 Å². The summed E-state index contributed by atoms with van der Waals surface area (Å²) in [4.78, 5) is 13.1. The molecule has 7 heteroatoms. The van der Waals surface area contributed by atoms with Gasteiger partial charge in [-0.1, -0.05) is 43.2 Å². The number of nitrogens with zero attached hydrogens (tertiary/aromatic N) is 1. The largest absolute Gasteiger partial charge is 0.451 e. The Morgan fingerprint density at radius 2 is 1.71 bits per heavy atom. The molecule has 1 atom stereocenters. The molecule has 1 N–H and O–H groups in total. The van der Waals surface area contributed by atoms with Gasteiger partial charge in [-0.15, -0.1) is 0 Å². The van der Waals surface area contributed by atoms with E-state index in [4.69, 9.17) is 4.42 Å². The summed E-state index contributed by atoms with van der Waals surface area (Å²) in [5.74, 6) is -0.107. The standard InChI is InChI=1S/C24H28N2O4S/c1-17-21-16-20(31(28,29)26-14-8-3-4-9-15-26)12-13-22(21)30-23(17)24(27)25-18(2)19-10-6-5-7-11-19/h5-7,10-13,16,18H,3-4,8-9,14-15H2,1-2H3,(H,25,27). The van der Waals surface area contributed by atoms with Crippen molar-refractivity contribution < 1.29 is 17.6 Å². The minimum absolute atomic E-state index is 0.180. The number of furan rings is 1. The molecule has 0 saturated carbocycles. The molecule has 6 nitrogen and oxygen atoms in total. The zero-order valence-corrected chi connectivity index (χ0v) is 18.7. The topological polar surface area (TPSA) is 79.6 Å². The fourth-order valence-electron chi connectivity index (χ4n) is 4.10. The van der Waals surface area contributed by atoms with E-state index in [0.29, 0.717) is 29.6 Å². The Morgan fingerprint density at radius 3 is 2.39 bits per heavy atom. The molecule has 1 saturated heterocycles. The Morgan fingerprint density at radius 1 is 1.03 bits per heavy atom. The molecule has 31 heavy (non-hydrogen) atoms. The molecule has 3 aromatic rings. The first-order chi connectivity index (χ1) is 14.9. The van der Waals surface area contributed by atoms with Gasteiger partial charge in [0.05, 0.1) is 10.9 Å². The van der Waals surface area contributed by atoms with E-state index in [1.807, 2.05) is 37.3 Å². The lowest BCUT2D eigenvalue weighted by atomic mass is 10.1. The second-order valence-electron chi connectivity index (χ2n) is 8.14. The number of sulfonamides is 1. The SMILES string of the molecule is Cc1c(C(=O)NC(C)c2ccccc2)oc2ccc(S(=O)(=O)N3CCCCCC3)cc12. The van der Waals surface area contributed by atoms with Gasteiger partial charge in [0.2, 0.25) is 10.0 Å². The van der Waals surface area contributed by atoms with Gasteiger partial charge in [0.25, 0.3) is 5.91 Å². The van der Waals surface area contributed by atoms with Gasteiger partial charge in [-0.25, -0.2) is 8.42 Å². The number of hydrogen-bond donors (Lipinski definition) is 1. The zero-order chi connectivity index (χ0) is 22.0. The molecular weight excluding hydrogens is 412 g/mol. The maximum absolute atomic E-state index is 13.2. The highest BCUT2D eigenvalue weighted by Crippen LogP contribution is 2.30. The molecule has 4 rings (SSSR count). The summed E-state index contributed by atoms with van der Waals surface area (Å²) in [6, 6.07) is 14.4. The van der Waals surface area contributed by atoms with Crippen molar-refractivity contribution in [1.29, 1.82) is 0 Å². The Hall–Kier alpha value is -2.64. The smallest absolute Gasteiger partial charge is 0.287 e. The Labute approximate surface area is 183 Å². The van der Waals surface area contributed by atoms with E-state index in [9.17, 15) is 13.2 Å². The van der Waals surface area contributed by atoms with Crippen LogP contribution in [0.5, 0.6) is 0 Å². The number of nitrogens with one attached hydrogen (secondary N) is 1. The van der Waals surface area contributed by atoms with Crippen LogP contribution >= 0.6 is 0 Å². The fourth-order valence-corrected chi connectivity index (χ4v) is 5.64. The molecule has 1 aliphatic heterocycles. The van der Waals surface area contributed by atoms with Crippen LogP contribution in [0.2, 0.25) is 0 Å². The zero-order valence-electron chi connectivity index (χ0n) is 17.9. The molecule has 2 aromatic carbocycles. The molecule has 164 valence electrons. The average molecular weight is 441 g/mol. The second-order valence-corrected chi connectivity index (χ2v) is 10.1. The molecule has 1 aliphatic rings. The molecule has 0 bridgehead atoms. The minimum Gasteiger partial charge on any atom is -0.451 e. The van der Waals surface area contributed by atoms with Gasteiger partial charge in [-0.05, 0) is 50.5 Å². The highest BCUT2D eigenvalue weighted by molar-refractivity contribution is 7.89. The molecule has 1 aromatic heterocycles. The summed E-state index contributed by atoms with van der Waals surface area (Å²) in [7, 11) is -3.57. The number of rotatable bonds is 5. The number of fused-ring (bicyclic) bond motifs is 1. The Kier molecular flexibility index (Phi) is 6.16. The van der Waals surface area contributed by atoms with Crippen LogP contribution in [0, 0.1) is 6.92 Å². The molecule has 2 heterocycles. The summed E-state index contributed by atoms with van der Waals surface area (Å²) >= 11 is 0. The van der Waals surface area contributed by atoms with Crippen LogP contribution in [0.3, 0.4) is 0 Å². The first-order valence-corrected chi connectivity index (χ1v) is 12.2. The number of hydrogen-bond acceptors (Lipinski definition) is 4. The van der Waals surface area contributed by atoms with E-state index < -0.39 is 10.0 Å². The fraction of sp³-hybridized carbons (Fsp3) is 0.375. The van der Waals surface area contributed by atoms with Crippen LogP contribution in [0.25, 0.3) is 11.0 Å². The van der Waals surface area contributed by atoms with E-state index in [1.165, 1.54) is 0 Å². The molecule has 1 amide bonds. The van der Waals surface area contributed by atoms with Crippen molar-refractivity contribution in [2.24, 2.45) is 0 Å².